The number of carbonyl (C=O) groups is 1. The number of benzene rings is 1. The van der Waals surface area contributed by atoms with E-state index in [1.807, 2.05) is 13.0 Å². The first-order chi connectivity index (χ1) is 12.1. The first kappa shape index (κ1) is 15.8. The lowest BCUT2D eigenvalue weighted by molar-refractivity contribution is -0.133. The van der Waals surface area contributed by atoms with Gasteiger partial charge in [0.1, 0.15) is 5.82 Å². The average molecular weight is 342 g/mol. The quantitative estimate of drug-likeness (QED) is 0.876. The Hall–Kier alpha value is -2.70. The minimum absolute atomic E-state index is 0.214. The van der Waals surface area contributed by atoms with E-state index in [1.165, 1.54) is 25.0 Å². The average Bonchev–Trinajstić information content (AvgIpc) is 3.23. The fourth-order valence-corrected chi connectivity index (χ4v) is 2.98. The van der Waals surface area contributed by atoms with E-state index in [0.717, 1.165) is 17.0 Å². The molecule has 6 nitrogen and oxygen atoms in total. The molecule has 130 valence electrons. The van der Waals surface area contributed by atoms with Crippen molar-refractivity contribution in [2.75, 3.05) is 0 Å². The molecule has 1 amide bonds. The van der Waals surface area contributed by atoms with Crippen molar-refractivity contribution in [3.63, 3.8) is 0 Å². The van der Waals surface area contributed by atoms with Gasteiger partial charge in [0, 0.05) is 5.92 Å². The fraction of sp³-hybridized carbons (Fsp3) is 0.389. The van der Waals surface area contributed by atoms with E-state index in [2.05, 4.69) is 20.7 Å². The Bertz CT molecular complexity index is 811. The number of aromatic amines is 1. The maximum absolute atomic E-state index is 13.0. The third-order valence-corrected chi connectivity index (χ3v) is 4.65. The van der Waals surface area contributed by atoms with Crippen LogP contribution in [0, 0.1) is 11.7 Å². The van der Waals surface area contributed by atoms with Crippen molar-refractivity contribution in [2.24, 2.45) is 11.1 Å². The van der Waals surface area contributed by atoms with Crippen molar-refractivity contribution in [2.45, 2.75) is 38.3 Å². The molecule has 0 saturated heterocycles. The van der Waals surface area contributed by atoms with Crippen molar-refractivity contribution in [3.05, 3.63) is 53.1 Å². The number of oxime groups is 1. The van der Waals surface area contributed by atoms with Gasteiger partial charge in [0.05, 0.1) is 29.6 Å². The molecule has 7 heteroatoms. The summed E-state index contributed by atoms with van der Waals surface area (Å²) in [5, 5.41) is 14.1. The molecular formula is C18H19FN4O2. The molecule has 1 saturated carbocycles. The van der Waals surface area contributed by atoms with Crippen molar-refractivity contribution in [1.29, 1.82) is 0 Å². The van der Waals surface area contributed by atoms with Gasteiger partial charge in [0.15, 0.2) is 0 Å². The maximum Gasteiger partial charge on any atom is 0.264 e. The Morgan fingerprint density at radius 2 is 2.12 bits per heavy atom. The molecule has 2 atom stereocenters. The number of nitrogens with one attached hydrogen (secondary N) is 2. The molecule has 1 aliphatic heterocycles. The molecule has 25 heavy (non-hydrogen) atoms. The fourth-order valence-electron chi connectivity index (χ4n) is 2.98. The summed E-state index contributed by atoms with van der Waals surface area (Å²) >= 11 is 0. The zero-order valence-electron chi connectivity index (χ0n) is 13.8. The molecule has 1 aliphatic carbocycles. The second kappa shape index (κ2) is 6.31. The van der Waals surface area contributed by atoms with Crippen LogP contribution < -0.4 is 5.32 Å². The molecule has 1 aromatic carbocycles. The summed E-state index contributed by atoms with van der Waals surface area (Å²) in [6.45, 7) is 2.25. The van der Waals surface area contributed by atoms with Gasteiger partial charge >= 0.3 is 0 Å². The monoisotopic (exact) mass is 342 g/mol. The Kier molecular flexibility index (Phi) is 3.99. The zero-order chi connectivity index (χ0) is 17.4. The van der Waals surface area contributed by atoms with Gasteiger partial charge in [-0.1, -0.05) is 24.2 Å². The van der Waals surface area contributed by atoms with E-state index in [-0.39, 0.29) is 17.6 Å². The summed E-state index contributed by atoms with van der Waals surface area (Å²) in [6, 6.07) is 8.01. The lowest BCUT2D eigenvalue weighted by Crippen LogP contribution is -2.39. The minimum Gasteiger partial charge on any atom is -0.381 e. The van der Waals surface area contributed by atoms with Crippen LogP contribution in [-0.4, -0.2) is 27.9 Å². The van der Waals surface area contributed by atoms with Gasteiger partial charge in [-0.05, 0) is 36.6 Å². The summed E-state index contributed by atoms with van der Waals surface area (Å²) in [7, 11) is 0. The molecule has 1 aromatic heterocycles. The standard InChI is InChI=1S/C18H19FN4O2/c1-10-16(12-4-6-13(19)7-5-12)23-25-17(10)18(24)20-9-14-8-15(22-21-14)11-2-3-11/h4-8,10-11,17H,2-3,9H2,1H3,(H,20,24)(H,21,22)/t10-,17-/m0/s1. The van der Waals surface area contributed by atoms with E-state index in [1.54, 1.807) is 12.1 Å². The molecule has 0 radical (unpaired) electrons. The summed E-state index contributed by atoms with van der Waals surface area (Å²) in [5.41, 5.74) is 3.35. The van der Waals surface area contributed by atoms with Crippen LogP contribution in [0.25, 0.3) is 0 Å². The van der Waals surface area contributed by atoms with Crippen molar-refractivity contribution in [3.8, 4) is 0 Å². The van der Waals surface area contributed by atoms with Crippen molar-refractivity contribution >= 4 is 11.6 Å². The molecule has 2 aromatic rings. The largest absolute Gasteiger partial charge is 0.381 e. The van der Waals surface area contributed by atoms with Crippen molar-refractivity contribution in [1.82, 2.24) is 15.5 Å². The number of halogens is 1. The van der Waals surface area contributed by atoms with Crippen LogP contribution in [0.1, 0.15) is 42.6 Å². The highest BCUT2D eigenvalue weighted by atomic mass is 19.1. The molecule has 2 N–H and O–H groups in total. The van der Waals surface area contributed by atoms with Gasteiger partial charge in [-0.25, -0.2) is 4.39 Å². The van der Waals surface area contributed by atoms with Crippen LogP contribution in [0.2, 0.25) is 0 Å². The molecule has 0 bridgehead atoms. The van der Waals surface area contributed by atoms with Gasteiger partial charge in [0.2, 0.25) is 6.10 Å². The Balaban J connectivity index is 1.35. The third-order valence-electron chi connectivity index (χ3n) is 4.65. The summed E-state index contributed by atoms with van der Waals surface area (Å²) in [6.07, 6.45) is 1.69. The van der Waals surface area contributed by atoms with Gasteiger partial charge in [-0.15, -0.1) is 0 Å². The van der Waals surface area contributed by atoms with Crippen molar-refractivity contribution < 1.29 is 14.0 Å². The first-order valence-corrected chi connectivity index (χ1v) is 8.43. The van der Waals surface area contributed by atoms with Crippen LogP contribution in [0.4, 0.5) is 4.39 Å². The number of nitrogens with zero attached hydrogens (tertiary/aromatic N) is 2. The van der Waals surface area contributed by atoms with E-state index in [4.69, 9.17) is 4.84 Å². The Labute approximate surface area is 144 Å². The van der Waals surface area contributed by atoms with Crippen LogP contribution in [0.5, 0.6) is 0 Å². The van der Waals surface area contributed by atoms with Crippen LogP contribution in [-0.2, 0) is 16.2 Å². The predicted octanol–water partition coefficient (Wildman–Crippen LogP) is 2.48. The highest BCUT2D eigenvalue weighted by molar-refractivity contribution is 6.05. The van der Waals surface area contributed by atoms with Crippen LogP contribution >= 0.6 is 0 Å². The second-order valence-electron chi connectivity index (χ2n) is 6.61. The van der Waals surface area contributed by atoms with Gasteiger partial charge in [-0.3, -0.25) is 9.89 Å². The lowest BCUT2D eigenvalue weighted by Gasteiger charge is -2.14. The number of hydrogen-bond acceptors (Lipinski definition) is 4. The van der Waals surface area contributed by atoms with E-state index in [0.29, 0.717) is 18.2 Å². The van der Waals surface area contributed by atoms with Gasteiger partial charge in [0.25, 0.3) is 5.91 Å². The predicted molar refractivity (Wildman–Crippen MR) is 89.4 cm³/mol. The van der Waals surface area contributed by atoms with E-state index < -0.39 is 6.10 Å². The number of amides is 1. The lowest BCUT2D eigenvalue weighted by atomic mass is 9.94. The molecule has 2 aliphatic rings. The highest BCUT2D eigenvalue weighted by Crippen LogP contribution is 2.38. The Morgan fingerprint density at radius 3 is 2.84 bits per heavy atom. The molecule has 0 unspecified atom stereocenters. The summed E-state index contributed by atoms with van der Waals surface area (Å²) < 4.78 is 13.0. The SMILES string of the molecule is C[C@H]1C(c2ccc(F)cc2)=NO[C@@H]1C(=O)NCc1cc(C2CC2)n[nH]1. The van der Waals surface area contributed by atoms with E-state index >= 15 is 0 Å². The number of aromatic nitrogens is 2. The Morgan fingerprint density at radius 1 is 1.36 bits per heavy atom. The van der Waals surface area contributed by atoms with Gasteiger partial charge in [-0.2, -0.15) is 5.10 Å². The molecular weight excluding hydrogens is 323 g/mol. The summed E-state index contributed by atoms with van der Waals surface area (Å²) in [4.78, 5) is 17.7. The molecule has 2 heterocycles. The number of rotatable bonds is 5. The highest BCUT2D eigenvalue weighted by Gasteiger charge is 2.36. The molecule has 4 rings (SSSR count). The second-order valence-corrected chi connectivity index (χ2v) is 6.61. The summed E-state index contributed by atoms with van der Waals surface area (Å²) in [5.74, 6) is -0.175. The number of H-pyrrole nitrogens is 1. The maximum atomic E-state index is 13.0. The van der Waals surface area contributed by atoms with Crippen LogP contribution in [0.3, 0.4) is 0 Å². The zero-order valence-corrected chi connectivity index (χ0v) is 13.8. The molecule has 0 spiro atoms. The molecule has 1 fully saturated rings. The minimum atomic E-state index is -0.689. The van der Waals surface area contributed by atoms with Gasteiger partial charge < -0.3 is 10.2 Å². The first-order valence-electron chi connectivity index (χ1n) is 8.43. The number of carbonyl (C=O) groups excluding carboxylic acids is 1. The normalized spacial score (nSPS) is 22.4. The topological polar surface area (TPSA) is 79.4 Å². The smallest absolute Gasteiger partial charge is 0.264 e. The number of hydrogen-bond donors (Lipinski definition) is 2. The van der Waals surface area contributed by atoms with Crippen LogP contribution in [0.15, 0.2) is 35.5 Å². The van der Waals surface area contributed by atoms with E-state index in [9.17, 15) is 9.18 Å². The third kappa shape index (κ3) is 3.26.